The first-order chi connectivity index (χ1) is 13.8. The number of hydrogen-bond acceptors (Lipinski definition) is 5. The molecule has 0 spiro atoms. The summed E-state index contributed by atoms with van der Waals surface area (Å²) in [4.78, 5) is 8.77. The Hall–Kier alpha value is -3.00. The van der Waals surface area contributed by atoms with Crippen molar-refractivity contribution >= 4 is 23.4 Å². The zero-order valence-corrected chi connectivity index (χ0v) is 16.2. The van der Waals surface area contributed by atoms with Crippen molar-refractivity contribution in [2.24, 2.45) is 0 Å². The SMILES string of the molecule is CCNc1nc(NCc2cccc(Cl)c2)cc(-c2cccc(OC(F)(F)F)c2)n1. The van der Waals surface area contributed by atoms with E-state index in [1.54, 1.807) is 18.2 Å². The van der Waals surface area contributed by atoms with Crippen molar-refractivity contribution in [1.29, 1.82) is 0 Å². The molecule has 9 heteroatoms. The van der Waals surface area contributed by atoms with Gasteiger partial charge in [0, 0.05) is 29.7 Å². The summed E-state index contributed by atoms with van der Waals surface area (Å²) >= 11 is 6.00. The summed E-state index contributed by atoms with van der Waals surface area (Å²) in [5, 5.41) is 6.84. The molecule has 0 aliphatic carbocycles. The first-order valence-corrected chi connectivity index (χ1v) is 9.17. The fourth-order valence-corrected chi connectivity index (χ4v) is 2.83. The number of ether oxygens (including phenoxy) is 1. The molecule has 152 valence electrons. The molecule has 29 heavy (non-hydrogen) atoms. The van der Waals surface area contributed by atoms with Gasteiger partial charge in [-0.3, -0.25) is 0 Å². The Morgan fingerprint density at radius 3 is 2.52 bits per heavy atom. The molecule has 0 saturated heterocycles. The van der Waals surface area contributed by atoms with Gasteiger partial charge in [-0.25, -0.2) is 4.98 Å². The minimum atomic E-state index is -4.76. The van der Waals surface area contributed by atoms with Crippen molar-refractivity contribution in [3.63, 3.8) is 0 Å². The maximum absolute atomic E-state index is 12.5. The van der Waals surface area contributed by atoms with Gasteiger partial charge in [-0.05, 0) is 36.8 Å². The number of benzene rings is 2. The van der Waals surface area contributed by atoms with E-state index < -0.39 is 6.36 Å². The number of nitrogens with zero attached hydrogens (tertiary/aromatic N) is 2. The van der Waals surface area contributed by atoms with E-state index in [9.17, 15) is 13.2 Å². The van der Waals surface area contributed by atoms with Crippen LogP contribution in [0.25, 0.3) is 11.3 Å². The van der Waals surface area contributed by atoms with Gasteiger partial charge in [-0.2, -0.15) is 4.98 Å². The smallest absolute Gasteiger partial charge is 0.406 e. The van der Waals surface area contributed by atoms with E-state index in [0.717, 1.165) is 5.56 Å². The third-order valence-electron chi connectivity index (χ3n) is 3.79. The maximum atomic E-state index is 12.5. The van der Waals surface area contributed by atoms with Gasteiger partial charge in [0.2, 0.25) is 5.95 Å². The molecule has 0 bridgehead atoms. The molecule has 3 aromatic rings. The van der Waals surface area contributed by atoms with Crippen molar-refractivity contribution in [2.75, 3.05) is 17.2 Å². The van der Waals surface area contributed by atoms with Gasteiger partial charge in [0.05, 0.1) is 5.69 Å². The van der Waals surface area contributed by atoms with Crippen LogP contribution < -0.4 is 15.4 Å². The molecule has 0 fully saturated rings. The average Bonchev–Trinajstić information content (AvgIpc) is 2.65. The predicted molar refractivity (Wildman–Crippen MR) is 107 cm³/mol. The lowest BCUT2D eigenvalue weighted by atomic mass is 10.1. The monoisotopic (exact) mass is 422 g/mol. The summed E-state index contributed by atoms with van der Waals surface area (Å²) in [6.45, 7) is 2.96. The first-order valence-electron chi connectivity index (χ1n) is 8.80. The zero-order valence-electron chi connectivity index (χ0n) is 15.4. The Morgan fingerprint density at radius 2 is 1.79 bits per heavy atom. The minimum Gasteiger partial charge on any atom is -0.406 e. The topological polar surface area (TPSA) is 59.1 Å². The number of alkyl halides is 3. The van der Waals surface area contributed by atoms with Gasteiger partial charge in [0.15, 0.2) is 0 Å². The minimum absolute atomic E-state index is 0.313. The number of aromatic nitrogens is 2. The van der Waals surface area contributed by atoms with Crippen LogP contribution in [-0.4, -0.2) is 22.9 Å². The highest BCUT2D eigenvalue weighted by atomic mass is 35.5. The van der Waals surface area contributed by atoms with Crippen LogP contribution in [0.5, 0.6) is 5.75 Å². The highest BCUT2D eigenvalue weighted by Crippen LogP contribution is 2.28. The molecule has 0 radical (unpaired) electrons. The molecule has 0 aliphatic heterocycles. The second-order valence-electron chi connectivity index (χ2n) is 6.05. The molecular formula is C20H18ClF3N4O. The van der Waals surface area contributed by atoms with Crippen LogP contribution in [0.3, 0.4) is 0 Å². The van der Waals surface area contributed by atoms with Crippen LogP contribution in [0.4, 0.5) is 24.9 Å². The number of hydrogen-bond donors (Lipinski definition) is 2. The number of halogens is 4. The van der Waals surface area contributed by atoms with Gasteiger partial charge in [-0.15, -0.1) is 13.2 Å². The van der Waals surface area contributed by atoms with Crippen LogP contribution in [0, 0.1) is 0 Å². The predicted octanol–water partition coefficient (Wildman–Crippen LogP) is 5.74. The van der Waals surface area contributed by atoms with E-state index in [1.807, 2.05) is 25.1 Å². The summed E-state index contributed by atoms with van der Waals surface area (Å²) in [5.74, 6) is 0.570. The van der Waals surface area contributed by atoms with Crippen molar-refractivity contribution in [1.82, 2.24) is 9.97 Å². The molecule has 0 amide bonds. The molecule has 1 heterocycles. The maximum Gasteiger partial charge on any atom is 0.573 e. The van der Waals surface area contributed by atoms with Gasteiger partial charge >= 0.3 is 6.36 Å². The molecule has 2 aromatic carbocycles. The Labute approximate surface area is 170 Å². The van der Waals surface area contributed by atoms with Crippen LogP contribution in [0.2, 0.25) is 5.02 Å². The fourth-order valence-electron chi connectivity index (χ4n) is 2.61. The molecule has 5 nitrogen and oxygen atoms in total. The van der Waals surface area contributed by atoms with E-state index in [1.165, 1.54) is 18.2 Å². The van der Waals surface area contributed by atoms with E-state index in [2.05, 4.69) is 25.3 Å². The summed E-state index contributed by atoms with van der Waals surface area (Å²) in [6, 6.07) is 14.7. The van der Waals surface area contributed by atoms with E-state index in [0.29, 0.717) is 41.1 Å². The van der Waals surface area contributed by atoms with Gasteiger partial charge in [0.25, 0.3) is 0 Å². The molecule has 1 aromatic heterocycles. The lowest BCUT2D eigenvalue weighted by Gasteiger charge is -2.12. The number of nitrogens with one attached hydrogen (secondary N) is 2. The van der Waals surface area contributed by atoms with Crippen molar-refractivity contribution in [3.05, 3.63) is 65.2 Å². The Bertz CT molecular complexity index is 982. The van der Waals surface area contributed by atoms with Crippen molar-refractivity contribution in [2.45, 2.75) is 19.8 Å². The molecule has 2 N–H and O–H groups in total. The van der Waals surface area contributed by atoms with Crippen LogP contribution in [-0.2, 0) is 6.54 Å². The second-order valence-corrected chi connectivity index (χ2v) is 6.49. The van der Waals surface area contributed by atoms with E-state index in [-0.39, 0.29) is 5.75 Å². The van der Waals surface area contributed by atoms with E-state index in [4.69, 9.17) is 11.6 Å². The number of anilines is 2. The molecule has 0 saturated carbocycles. The first kappa shape index (κ1) is 20.7. The Balaban J connectivity index is 1.87. The average molecular weight is 423 g/mol. The van der Waals surface area contributed by atoms with Gasteiger partial charge in [-0.1, -0.05) is 35.9 Å². The Kier molecular flexibility index (Phi) is 6.43. The summed E-state index contributed by atoms with van der Waals surface area (Å²) in [7, 11) is 0. The molecule has 0 atom stereocenters. The van der Waals surface area contributed by atoms with E-state index >= 15 is 0 Å². The lowest BCUT2D eigenvalue weighted by Crippen LogP contribution is -2.17. The molecule has 0 aliphatic rings. The zero-order chi connectivity index (χ0) is 20.9. The summed E-state index contributed by atoms with van der Waals surface area (Å²) < 4.78 is 41.6. The standard InChI is InChI=1S/C20H18ClF3N4O/c1-2-25-19-27-17(14-6-4-8-16(10-14)29-20(22,23)24)11-18(28-19)26-12-13-5-3-7-15(21)9-13/h3-11H,2,12H2,1H3,(H2,25,26,27,28). The highest BCUT2D eigenvalue weighted by Gasteiger charge is 2.31. The van der Waals surface area contributed by atoms with Crippen molar-refractivity contribution < 1.29 is 17.9 Å². The Morgan fingerprint density at radius 1 is 1.00 bits per heavy atom. The van der Waals surface area contributed by atoms with Gasteiger partial charge < -0.3 is 15.4 Å². The highest BCUT2D eigenvalue weighted by molar-refractivity contribution is 6.30. The van der Waals surface area contributed by atoms with Crippen molar-refractivity contribution in [3.8, 4) is 17.0 Å². The quantitative estimate of drug-likeness (QED) is 0.508. The third kappa shape index (κ3) is 6.25. The van der Waals surface area contributed by atoms with Gasteiger partial charge in [0.1, 0.15) is 11.6 Å². The third-order valence-corrected chi connectivity index (χ3v) is 4.02. The van der Waals surface area contributed by atoms with Crippen LogP contribution in [0.1, 0.15) is 12.5 Å². The summed E-state index contributed by atoms with van der Waals surface area (Å²) in [5.41, 5.74) is 1.89. The fraction of sp³-hybridized carbons (Fsp3) is 0.200. The second kappa shape index (κ2) is 9.00. The molecule has 0 unspecified atom stereocenters. The lowest BCUT2D eigenvalue weighted by molar-refractivity contribution is -0.274. The molecule has 3 rings (SSSR count). The normalized spacial score (nSPS) is 11.2. The van der Waals surface area contributed by atoms with Crippen LogP contribution in [0.15, 0.2) is 54.6 Å². The largest absolute Gasteiger partial charge is 0.573 e. The number of rotatable bonds is 7. The molecular weight excluding hydrogens is 405 g/mol. The summed E-state index contributed by atoms with van der Waals surface area (Å²) in [6.07, 6.45) is -4.76. The van der Waals surface area contributed by atoms with Crippen LogP contribution >= 0.6 is 11.6 Å².